The average molecular weight is 233 g/mol. The van der Waals surface area contributed by atoms with E-state index >= 15 is 0 Å². The third-order valence-electron chi connectivity index (χ3n) is 2.90. The molecule has 0 radical (unpaired) electrons. The van der Waals surface area contributed by atoms with E-state index in [0.29, 0.717) is 13.0 Å². The van der Waals surface area contributed by atoms with E-state index in [-0.39, 0.29) is 0 Å². The molecule has 1 unspecified atom stereocenters. The summed E-state index contributed by atoms with van der Waals surface area (Å²) in [5.74, 6) is -0.812. The number of rotatable bonds is 6. The maximum Gasteiger partial charge on any atom is 0.323 e. The van der Waals surface area contributed by atoms with Gasteiger partial charge in [0.1, 0.15) is 5.54 Å². The van der Waals surface area contributed by atoms with Crippen molar-refractivity contribution in [3.05, 3.63) is 42.0 Å². The maximum absolute atomic E-state index is 11.0. The second-order valence-corrected chi connectivity index (χ2v) is 4.18. The lowest BCUT2D eigenvalue weighted by molar-refractivity contribution is -0.144. The molecule has 0 aliphatic heterocycles. The topological polar surface area (TPSA) is 49.3 Å². The third kappa shape index (κ3) is 4.04. The largest absolute Gasteiger partial charge is 0.480 e. The van der Waals surface area contributed by atoms with Crippen LogP contribution in [0, 0.1) is 0 Å². The first-order chi connectivity index (χ1) is 8.08. The first-order valence-corrected chi connectivity index (χ1v) is 5.78. The van der Waals surface area contributed by atoms with Crippen LogP contribution in [0.25, 0.3) is 6.08 Å². The molecule has 1 aromatic rings. The first kappa shape index (κ1) is 13.5. The van der Waals surface area contributed by atoms with E-state index in [9.17, 15) is 4.79 Å². The smallest absolute Gasteiger partial charge is 0.323 e. The summed E-state index contributed by atoms with van der Waals surface area (Å²) in [6.07, 6.45) is 4.47. The lowest BCUT2D eigenvalue weighted by Gasteiger charge is -2.23. The van der Waals surface area contributed by atoms with Crippen LogP contribution in [0.1, 0.15) is 25.8 Å². The van der Waals surface area contributed by atoms with Crippen molar-refractivity contribution < 1.29 is 9.90 Å². The molecule has 0 aliphatic carbocycles. The number of carboxylic acids is 1. The molecule has 0 fully saturated rings. The SMILES string of the molecule is CCC(C)(NCC=Cc1ccccc1)C(=O)O. The summed E-state index contributed by atoms with van der Waals surface area (Å²) < 4.78 is 0. The lowest BCUT2D eigenvalue weighted by atomic mass is 9.99. The Morgan fingerprint density at radius 1 is 1.41 bits per heavy atom. The number of nitrogens with one attached hydrogen (secondary N) is 1. The molecule has 1 rings (SSSR count). The van der Waals surface area contributed by atoms with Gasteiger partial charge in [0.05, 0.1) is 0 Å². The molecule has 3 heteroatoms. The van der Waals surface area contributed by atoms with Crippen molar-refractivity contribution in [2.24, 2.45) is 0 Å². The van der Waals surface area contributed by atoms with Gasteiger partial charge in [-0.25, -0.2) is 0 Å². The highest BCUT2D eigenvalue weighted by molar-refractivity contribution is 5.78. The van der Waals surface area contributed by atoms with Crippen molar-refractivity contribution in [1.82, 2.24) is 5.32 Å². The van der Waals surface area contributed by atoms with Gasteiger partial charge < -0.3 is 5.11 Å². The van der Waals surface area contributed by atoms with Crippen molar-refractivity contribution in [2.75, 3.05) is 6.54 Å². The van der Waals surface area contributed by atoms with Crippen molar-refractivity contribution >= 4 is 12.0 Å². The predicted molar refractivity (Wildman–Crippen MR) is 69.8 cm³/mol. The molecule has 0 bridgehead atoms. The Balaban J connectivity index is 2.47. The zero-order valence-corrected chi connectivity index (χ0v) is 10.3. The van der Waals surface area contributed by atoms with E-state index < -0.39 is 11.5 Å². The fourth-order valence-electron chi connectivity index (χ4n) is 1.40. The number of carboxylic acid groups (broad SMARTS) is 1. The van der Waals surface area contributed by atoms with Crippen molar-refractivity contribution in [3.63, 3.8) is 0 Å². The Morgan fingerprint density at radius 3 is 2.59 bits per heavy atom. The fraction of sp³-hybridized carbons (Fsp3) is 0.357. The van der Waals surface area contributed by atoms with Crippen LogP contribution in [-0.4, -0.2) is 23.2 Å². The quantitative estimate of drug-likeness (QED) is 0.794. The lowest BCUT2D eigenvalue weighted by Crippen LogP contribution is -2.48. The molecule has 0 saturated heterocycles. The molecular weight excluding hydrogens is 214 g/mol. The van der Waals surface area contributed by atoms with E-state index in [1.165, 1.54) is 0 Å². The summed E-state index contributed by atoms with van der Waals surface area (Å²) in [7, 11) is 0. The normalized spacial score (nSPS) is 14.7. The second-order valence-electron chi connectivity index (χ2n) is 4.18. The van der Waals surface area contributed by atoms with Gasteiger partial charge in [-0.1, -0.05) is 49.4 Å². The molecule has 0 aliphatic rings. The fourth-order valence-corrected chi connectivity index (χ4v) is 1.40. The molecule has 0 aromatic heterocycles. The van der Waals surface area contributed by atoms with Gasteiger partial charge in [0.15, 0.2) is 0 Å². The minimum absolute atomic E-state index is 0.547. The Labute approximate surface area is 102 Å². The number of hydrogen-bond acceptors (Lipinski definition) is 2. The van der Waals surface area contributed by atoms with Gasteiger partial charge in [-0.05, 0) is 18.9 Å². The summed E-state index contributed by atoms with van der Waals surface area (Å²) in [4.78, 5) is 11.0. The van der Waals surface area contributed by atoms with Crippen LogP contribution in [0.4, 0.5) is 0 Å². The van der Waals surface area contributed by atoms with Gasteiger partial charge in [0, 0.05) is 6.54 Å². The van der Waals surface area contributed by atoms with Crippen LogP contribution in [0.5, 0.6) is 0 Å². The van der Waals surface area contributed by atoms with Crippen LogP contribution in [-0.2, 0) is 4.79 Å². The molecule has 3 nitrogen and oxygen atoms in total. The highest BCUT2D eigenvalue weighted by Gasteiger charge is 2.29. The molecule has 0 amide bonds. The summed E-state index contributed by atoms with van der Waals surface area (Å²) >= 11 is 0. The maximum atomic E-state index is 11.0. The van der Waals surface area contributed by atoms with Crippen molar-refractivity contribution in [1.29, 1.82) is 0 Å². The zero-order chi connectivity index (χ0) is 12.7. The molecule has 0 spiro atoms. The Bertz CT molecular complexity index is 386. The van der Waals surface area contributed by atoms with Crippen LogP contribution >= 0.6 is 0 Å². The van der Waals surface area contributed by atoms with E-state index in [0.717, 1.165) is 5.56 Å². The molecule has 0 saturated carbocycles. The predicted octanol–water partition coefficient (Wildman–Crippen LogP) is 2.54. The first-order valence-electron chi connectivity index (χ1n) is 5.78. The summed E-state index contributed by atoms with van der Waals surface area (Å²) in [6.45, 7) is 4.11. The standard InChI is InChI=1S/C14H19NO2/c1-3-14(2,13(16)17)15-11-7-10-12-8-5-4-6-9-12/h4-10,15H,3,11H2,1-2H3,(H,16,17). The molecule has 0 heterocycles. The van der Waals surface area contributed by atoms with Gasteiger partial charge in [0.25, 0.3) is 0 Å². The van der Waals surface area contributed by atoms with E-state index in [4.69, 9.17) is 5.11 Å². The molecule has 92 valence electrons. The Hall–Kier alpha value is -1.61. The van der Waals surface area contributed by atoms with E-state index in [1.54, 1.807) is 6.92 Å². The van der Waals surface area contributed by atoms with Crippen LogP contribution in [0.15, 0.2) is 36.4 Å². The van der Waals surface area contributed by atoms with Crippen LogP contribution in [0.3, 0.4) is 0 Å². The van der Waals surface area contributed by atoms with Crippen molar-refractivity contribution in [3.8, 4) is 0 Å². The highest BCUT2D eigenvalue weighted by Crippen LogP contribution is 2.08. The van der Waals surface area contributed by atoms with Gasteiger partial charge in [-0.2, -0.15) is 0 Å². The van der Waals surface area contributed by atoms with E-state index in [1.807, 2.05) is 49.4 Å². The Kier molecular flexibility index (Phi) is 4.91. The van der Waals surface area contributed by atoms with Gasteiger partial charge in [-0.15, -0.1) is 0 Å². The molecule has 1 aromatic carbocycles. The summed E-state index contributed by atoms with van der Waals surface area (Å²) in [5, 5.41) is 12.1. The van der Waals surface area contributed by atoms with Crippen molar-refractivity contribution in [2.45, 2.75) is 25.8 Å². The van der Waals surface area contributed by atoms with E-state index in [2.05, 4.69) is 5.32 Å². The van der Waals surface area contributed by atoms with Crippen LogP contribution in [0.2, 0.25) is 0 Å². The summed E-state index contributed by atoms with van der Waals surface area (Å²) in [5.41, 5.74) is 0.268. The molecule has 2 N–H and O–H groups in total. The van der Waals surface area contributed by atoms with Gasteiger partial charge >= 0.3 is 5.97 Å². The Morgan fingerprint density at radius 2 is 2.06 bits per heavy atom. The second kappa shape index (κ2) is 6.21. The average Bonchev–Trinajstić information content (AvgIpc) is 2.35. The molecule has 1 atom stereocenters. The minimum atomic E-state index is -0.846. The molecule has 17 heavy (non-hydrogen) atoms. The zero-order valence-electron chi connectivity index (χ0n) is 10.3. The number of aliphatic carboxylic acids is 1. The number of carbonyl (C=O) groups is 1. The number of hydrogen-bond donors (Lipinski definition) is 2. The highest BCUT2D eigenvalue weighted by atomic mass is 16.4. The van der Waals surface area contributed by atoms with Gasteiger partial charge in [0.2, 0.25) is 0 Å². The number of benzene rings is 1. The van der Waals surface area contributed by atoms with Crippen LogP contribution < -0.4 is 5.32 Å². The molecular formula is C14H19NO2. The minimum Gasteiger partial charge on any atom is -0.480 e. The monoisotopic (exact) mass is 233 g/mol. The van der Waals surface area contributed by atoms with Gasteiger partial charge in [-0.3, -0.25) is 10.1 Å². The third-order valence-corrected chi connectivity index (χ3v) is 2.90. The summed E-state index contributed by atoms with van der Waals surface area (Å²) in [6, 6.07) is 9.93.